The third-order valence-electron chi connectivity index (χ3n) is 2.70. The fourth-order valence-corrected chi connectivity index (χ4v) is 2.62. The van der Waals surface area contributed by atoms with Crippen LogP contribution in [0.2, 0.25) is 0 Å². The Morgan fingerprint density at radius 3 is 2.50 bits per heavy atom. The first-order valence-corrected chi connectivity index (χ1v) is 6.73. The molecular weight excluding hydrogens is 252 g/mol. The Labute approximate surface area is 109 Å². The topological polar surface area (TPSA) is 12.0 Å². The van der Waals surface area contributed by atoms with Crippen LogP contribution in [-0.2, 0) is 19.5 Å². The summed E-state index contributed by atoms with van der Waals surface area (Å²) in [5.41, 5.74) is 0.490. The zero-order valence-corrected chi connectivity index (χ0v) is 11.0. The summed E-state index contributed by atoms with van der Waals surface area (Å²) in [6.45, 7) is 3.24. The number of aryl methyl sites for hydroxylation is 1. The van der Waals surface area contributed by atoms with Gasteiger partial charge in [0.25, 0.3) is 0 Å². The van der Waals surface area contributed by atoms with E-state index in [0.29, 0.717) is 18.7 Å². The van der Waals surface area contributed by atoms with Gasteiger partial charge in [0.15, 0.2) is 0 Å². The van der Waals surface area contributed by atoms with Gasteiger partial charge in [-0.1, -0.05) is 13.0 Å². The van der Waals surface area contributed by atoms with Crippen molar-refractivity contribution in [2.75, 3.05) is 0 Å². The molecule has 18 heavy (non-hydrogen) atoms. The quantitative estimate of drug-likeness (QED) is 0.867. The maximum atomic E-state index is 13.4. The minimum atomic E-state index is -0.540. The summed E-state index contributed by atoms with van der Waals surface area (Å²) in [5.74, 6) is -1.04. The van der Waals surface area contributed by atoms with Crippen molar-refractivity contribution in [3.05, 3.63) is 57.3 Å². The Hall–Kier alpha value is -1.26. The Balaban J connectivity index is 1.88. The molecule has 0 saturated heterocycles. The lowest BCUT2D eigenvalue weighted by Gasteiger charge is -2.04. The highest BCUT2D eigenvalue weighted by Crippen LogP contribution is 2.17. The van der Waals surface area contributed by atoms with E-state index in [0.717, 1.165) is 12.5 Å². The van der Waals surface area contributed by atoms with E-state index in [1.807, 2.05) is 0 Å². The third-order valence-corrected chi connectivity index (χ3v) is 3.93. The van der Waals surface area contributed by atoms with Crippen molar-refractivity contribution < 1.29 is 8.78 Å². The molecule has 0 unspecified atom stereocenters. The van der Waals surface area contributed by atoms with Crippen LogP contribution in [0.25, 0.3) is 0 Å². The summed E-state index contributed by atoms with van der Waals surface area (Å²) in [7, 11) is 0. The summed E-state index contributed by atoms with van der Waals surface area (Å²) in [6.07, 6.45) is 1.04. The van der Waals surface area contributed by atoms with Gasteiger partial charge in [0.05, 0.1) is 0 Å². The number of hydrogen-bond donors (Lipinski definition) is 1. The van der Waals surface area contributed by atoms with Crippen molar-refractivity contribution in [2.45, 2.75) is 26.4 Å². The second-order valence-corrected chi connectivity index (χ2v) is 5.31. The van der Waals surface area contributed by atoms with E-state index in [4.69, 9.17) is 0 Å². The molecule has 0 saturated carbocycles. The third kappa shape index (κ3) is 3.37. The van der Waals surface area contributed by atoms with Crippen molar-refractivity contribution in [3.8, 4) is 0 Å². The minimum Gasteiger partial charge on any atom is -0.308 e. The zero-order chi connectivity index (χ0) is 13.0. The van der Waals surface area contributed by atoms with Crippen molar-refractivity contribution in [1.29, 1.82) is 0 Å². The smallest absolute Gasteiger partial charge is 0.130 e. The predicted octanol–water partition coefficient (Wildman–Crippen LogP) is 3.88. The van der Waals surface area contributed by atoms with Crippen molar-refractivity contribution >= 4 is 11.3 Å². The van der Waals surface area contributed by atoms with Crippen LogP contribution in [0, 0.1) is 11.6 Å². The molecule has 0 amide bonds. The number of thiophene rings is 1. The predicted molar refractivity (Wildman–Crippen MR) is 70.6 cm³/mol. The first kappa shape index (κ1) is 13.2. The van der Waals surface area contributed by atoms with Gasteiger partial charge in [-0.15, -0.1) is 11.3 Å². The van der Waals surface area contributed by atoms with Gasteiger partial charge in [0.2, 0.25) is 0 Å². The molecule has 0 aliphatic rings. The van der Waals surface area contributed by atoms with E-state index >= 15 is 0 Å². The minimum absolute atomic E-state index is 0.408. The summed E-state index contributed by atoms with van der Waals surface area (Å²) < 4.78 is 26.1. The molecule has 1 heterocycles. The molecule has 0 aliphatic heterocycles. The molecule has 1 nitrogen and oxygen atoms in total. The first-order valence-electron chi connectivity index (χ1n) is 5.91. The Kier molecular flexibility index (Phi) is 4.44. The molecule has 0 spiro atoms. The van der Waals surface area contributed by atoms with Gasteiger partial charge >= 0.3 is 0 Å². The van der Waals surface area contributed by atoms with Gasteiger partial charge in [0.1, 0.15) is 11.6 Å². The number of halogens is 2. The molecular formula is C14H15F2NS. The van der Waals surface area contributed by atoms with Crippen molar-refractivity contribution in [2.24, 2.45) is 0 Å². The van der Waals surface area contributed by atoms with Gasteiger partial charge in [0, 0.05) is 34.5 Å². The molecule has 2 aromatic rings. The molecule has 1 N–H and O–H groups in total. The van der Waals surface area contributed by atoms with Crippen LogP contribution in [0.5, 0.6) is 0 Å². The first-order chi connectivity index (χ1) is 8.69. The monoisotopic (exact) mass is 267 g/mol. The van der Waals surface area contributed by atoms with E-state index in [2.05, 4.69) is 24.4 Å². The van der Waals surface area contributed by atoms with Crippen LogP contribution >= 0.6 is 11.3 Å². The average molecular weight is 267 g/mol. The molecule has 96 valence electrons. The fourth-order valence-electron chi connectivity index (χ4n) is 1.69. The number of nitrogens with one attached hydrogen (secondary N) is 1. The molecule has 0 radical (unpaired) electrons. The lowest BCUT2D eigenvalue weighted by molar-refractivity contribution is 0.560. The van der Waals surface area contributed by atoms with Gasteiger partial charge in [-0.25, -0.2) is 8.78 Å². The molecule has 1 aromatic heterocycles. The Bertz CT molecular complexity index is 522. The van der Waals surface area contributed by atoms with Gasteiger partial charge in [-0.3, -0.25) is 0 Å². The van der Waals surface area contributed by atoms with Crippen LogP contribution in [0.4, 0.5) is 8.78 Å². The van der Waals surface area contributed by atoms with E-state index in [-0.39, 0.29) is 0 Å². The highest BCUT2D eigenvalue weighted by molar-refractivity contribution is 7.11. The van der Waals surface area contributed by atoms with E-state index in [1.165, 1.54) is 21.9 Å². The molecule has 0 atom stereocenters. The largest absolute Gasteiger partial charge is 0.308 e. The van der Waals surface area contributed by atoms with Gasteiger partial charge in [-0.05, 0) is 24.6 Å². The average Bonchev–Trinajstić information content (AvgIpc) is 2.80. The Morgan fingerprint density at radius 1 is 1.06 bits per heavy atom. The molecule has 0 aliphatic carbocycles. The number of hydrogen-bond acceptors (Lipinski definition) is 2. The normalized spacial score (nSPS) is 10.8. The fraction of sp³-hybridized carbons (Fsp3) is 0.286. The lowest BCUT2D eigenvalue weighted by atomic mass is 10.2. The summed E-state index contributed by atoms with van der Waals surface area (Å²) >= 11 is 1.76. The molecule has 0 fully saturated rings. The SMILES string of the molecule is CCc1ccc(CNCc2ccc(F)cc2F)s1. The summed E-state index contributed by atoms with van der Waals surface area (Å²) in [6, 6.07) is 7.86. The summed E-state index contributed by atoms with van der Waals surface area (Å²) in [4.78, 5) is 2.58. The maximum Gasteiger partial charge on any atom is 0.130 e. The second kappa shape index (κ2) is 6.07. The van der Waals surface area contributed by atoms with Gasteiger partial charge in [-0.2, -0.15) is 0 Å². The number of rotatable bonds is 5. The molecule has 2 rings (SSSR count). The second-order valence-electron chi connectivity index (χ2n) is 4.06. The summed E-state index contributed by atoms with van der Waals surface area (Å²) in [5, 5.41) is 3.16. The highest BCUT2D eigenvalue weighted by atomic mass is 32.1. The van der Waals surface area contributed by atoms with Gasteiger partial charge < -0.3 is 5.32 Å². The van der Waals surface area contributed by atoms with Crippen molar-refractivity contribution in [3.63, 3.8) is 0 Å². The highest BCUT2D eigenvalue weighted by Gasteiger charge is 2.04. The van der Waals surface area contributed by atoms with Crippen LogP contribution in [0.3, 0.4) is 0 Å². The lowest BCUT2D eigenvalue weighted by Crippen LogP contribution is -2.13. The van der Waals surface area contributed by atoms with Crippen LogP contribution in [0.1, 0.15) is 22.2 Å². The molecule has 0 bridgehead atoms. The van der Waals surface area contributed by atoms with Crippen molar-refractivity contribution in [1.82, 2.24) is 5.32 Å². The standard InChI is InChI=1S/C14H15F2NS/c1-2-12-5-6-13(18-12)9-17-8-10-3-4-11(15)7-14(10)16/h3-7,17H,2,8-9H2,1H3. The number of benzene rings is 1. The van der Waals surface area contributed by atoms with Crippen LogP contribution < -0.4 is 5.32 Å². The van der Waals surface area contributed by atoms with E-state index in [1.54, 1.807) is 11.3 Å². The maximum absolute atomic E-state index is 13.4. The zero-order valence-electron chi connectivity index (χ0n) is 10.2. The molecule has 4 heteroatoms. The van der Waals surface area contributed by atoms with Crippen LogP contribution in [0.15, 0.2) is 30.3 Å². The van der Waals surface area contributed by atoms with E-state index in [9.17, 15) is 8.78 Å². The Morgan fingerprint density at radius 2 is 1.83 bits per heavy atom. The van der Waals surface area contributed by atoms with E-state index < -0.39 is 11.6 Å². The van der Waals surface area contributed by atoms with Crippen LogP contribution in [-0.4, -0.2) is 0 Å². The molecule has 1 aromatic carbocycles.